The summed E-state index contributed by atoms with van der Waals surface area (Å²) in [5, 5.41) is 0.588. The van der Waals surface area contributed by atoms with E-state index in [1.807, 2.05) is 0 Å². The fourth-order valence-electron chi connectivity index (χ4n) is 1.16. The Labute approximate surface area is 113 Å². The van der Waals surface area contributed by atoms with Gasteiger partial charge in [-0.25, -0.2) is 0 Å². The van der Waals surface area contributed by atoms with E-state index in [1.54, 1.807) is 18.2 Å². The molecule has 2 nitrogen and oxygen atoms in total. The topological polar surface area (TPSA) is 35.2 Å². The Morgan fingerprint density at radius 2 is 2.06 bits per heavy atom. The largest absolute Gasteiger partial charge is 0.411 e. The van der Waals surface area contributed by atoms with E-state index >= 15 is 0 Å². The third-order valence-corrected chi connectivity index (χ3v) is 3.49. The summed E-state index contributed by atoms with van der Waals surface area (Å²) in [6, 6.07) is 5.13. The van der Waals surface area contributed by atoms with Gasteiger partial charge in [-0.3, -0.25) is 0 Å². The van der Waals surface area contributed by atoms with Crippen LogP contribution in [0.4, 0.5) is 18.9 Å². The van der Waals surface area contributed by atoms with E-state index in [1.165, 1.54) is 11.8 Å². The number of hydrogen-bond acceptors (Lipinski definition) is 3. The van der Waals surface area contributed by atoms with E-state index in [0.717, 1.165) is 4.90 Å². The molecule has 0 saturated carbocycles. The molecular weight excluding hydrogens is 287 g/mol. The third kappa shape index (κ3) is 6.37. The van der Waals surface area contributed by atoms with Gasteiger partial charge in [-0.1, -0.05) is 11.6 Å². The SMILES string of the molecule is Nc1ccc(Cl)c(SCCCOCC(F)(F)F)c1. The number of ether oxygens (including phenoxy) is 1. The Kier molecular flexibility index (Phi) is 6.11. The van der Waals surface area contributed by atoms with Gasteiger partial charge in [-0.2, -0.15) is 13.2 Å². The van der Waals surface area contributed by atoms with Gasteiger partial charge in [0.25, 0.3) is 0 Å². The van der Waals surface area contributed by atoms with Crippen molar-refractivity contribution in [1.29, 1.82) is 0 Å². The first-order chi connectivity index (χ1) is 8.38. The van der Waals surface area contributed by atoms with E-state index in [0.29, 0.717) is 22.9 Å². The molecule has 0 aliphatic rings. The minimum atomic E-state index is -4.26. The molecule has 2 N–H and O–H groups in total. The van der Waals surface area contributed by atoms with Crippen LogP contribution in [0.5, 0.6) is 0 Å². The average Bonchev–Trinajstić information content (AvgIpc) is 2.26. The molecular formula is C11H13ClF3NOS. The lowest BCUT2D eigenvalue weighted by molar-refractivity contribution is -0.173. The minimum absolute atomic E-state index is 0.0758. The fourth-order valence-corrected chi connectivity index (χ4v) is 2.35. The van der Waals surface area contributed by atoms with Gasteiger partial charge in [0.2, 0.25) is 0 Å². The summed E-state index contributed by atoms with van der Waals surface area (Å²) in [7, 11) is 0. The second-order valence-corrected chi connectivity index (χ2v) is 5.10. The summed E-state index contributed by atoms with van der Waals surface area (Å²) < 4.78 is 39.8. The molecule has 0 aliphatic carbocycles. The average molecular weight is 300 g/mol. The molecule has 1 rings (SSSR count). The van der Waals surface area contributed by atoms with Crippen molar-refractivity contribution in [3.05, 3.63) is 23.2 Å². The van der Waals surface area contributed by atoms with Crippen molar-refractivity contribution in [1.82, 2.24) is 0 Å². The van der Waals surface area contributed by atoms with E-state index in [4.69, 9.17) is 17.3 Å². The molecule has 0 aliphatic heterocycles. The maximum absolute atomic E-state index is 11.8. The van der Waals surface area contributed by atoms with Crippen LogP contribution in [0.25, 0.3) is 0 Å². The molecule has 1 aromatic carbocycles. The Balaban J connectivity index is 2.20. The standard InChI is InChI=1S/C11H13ClF3NOS/c12-9-3-2-8(16)6-10(9)18-5-1-4-17-7-11(13,14)15/h2-3,6H,1,4-5,7,16H2. The summed E-state index contributed by atoms with van der Waals surface area (Å²) in [6.07, 6.45) is -3.74. The fraction of sp³-hybridized carbons (Fsp3) is 0.455. The van der Waals surface area contributed by atoms with Crippen LogP contribution in [0.3, 0.4) is 0 Å². The predicted molar refractivity (Wildman–Crippen MR) is 68.1 cm³/mol. The van der Waals surface area contributed by atoms with Gasteiger partial charge in [0.15, 0.2) is 0 Å². The molecule has 0 unspecified atom stereocenters. The van der Waals surface area contributed by atoms with Gasteiger partial charge < -0.3 is 10.5 Å². The smallest absolute Gasteiger partial charge is 0.399 e. The number of thioether (sulfide) groups is 1. The van der Waals surface area contributed by atoms with Gasteiger partial charge >= 0.3 is 6.18 Å². The van der Waals surface area contributed by atoms with Crippen LogP contribution < -0.4 is 5.73 Å². The molecule has 18 heavy (non-hydrogen) atoms. The van der Waals surface area contributed by atoms with Crippen LogP contribution in [0.1, 0.15) is 6.42 Å². The lowest BCUT2D eigenvalue weighted by atomic mass is 10.3. The van der Waals surface area contributed by atoms with Crippen molar-refractivity contribution < 1.29 is 17.9 Å². The third-order valence-electron chi connectivity index (χ3n) is 1.91. The first-order valence-electron chi connectivity index (χ1n) is 5.21. The summed E-state index contributed by atoms with van der Waals surface area (Å²) in [5.74, 6) is 0.626. The van der Waals surface area contributed by atoms with Crippen LogP contribution in [-0.2, 0) is 4.74 Å². The van der Waals surface area contributed by atoms with Crippen molar-refractivity contribution >= 4 is 29.1 Å². The van der Waals surface area contributed by atoms with E-state index in [-0.39, 0.29) is 6.61 Å². The number of rotatable bonds is 6. The van der Waals surface area contributed by atoms with Crippen LogP contribution in [-0.4, -0.2) is 25.1 Å². The zero-order chi connectivity index (χ0) is 13.6. The van der Waals surface area contributed by atoms with Crippen molar-refractivity contribution in [2.75, 3.05) is 24.7 Å². The number of nitrogen functional groups attached to an aromatic ring is 1. The molecule has 0 aromatic heterocycles. The second-order valence-electron chi connectivity index (χ2n) is 3.56. The molecule has 0 fully saturated rings. The van der Waals surface area contributed by atoms with E-state index < -0.39 is 12.8 Å². The van der Waals surface area contributed by atoms with Crippen molar-refractivity contribution in [2.45, 2.75) is 17.5 Å². The summed E-state index contributed by atoms with van der Waals surface area (Å²) >= 11 is 7.39. The quantitative estimate of drug-likeness (QED) is 0.490. The van der Waals surface area contributed by atoms with E-state index in [9.17, 15) is 13.2 Å². The number of benzene rings is 1. The highest BCUT2D eigenvalue weighted by Crippen LogP contribution is 2.29. The molecule has 0 atom stereocenters. The molecule has 0 saturated heterocycles. The summed E-state index contributed by atoms with van der Waals surface area (Å²) in [4.78, 5) is 0.826. The summed E-state index contributed by atoms with van der Waals surface area (Å²) in [5.41, 5.74) is 6.21. The van der Waals surface area contributed by atoms with Gasteiger partial charge in [0.1, 0.15) is 6.61 Å². The Morgan fingerprint density at radius 3 is 2.72 bits per heavy atom. The zero-order valence-electron chi connectivity index (χ0n) is 9.47. The normalized spacial score (nSPS) is 11.8. The van der Waals surface area contributed by atoms with Gasteiger partial charge in [0, 0.05) is 22.9 Å². The van der Waals surface area contributed by atoms with Crippen LogP contribution >= 0.6 is 23.4 Å². The van der Waals surface area contributed by atoms with Crippen molar-refractivity contribution in [3.63, 3.8) is 0 Å². The van der Waals surface area contributed by atoms with Crippen LogP contribution in [0, 0.1) is 0 Å². The zero-order valence-corrected chi connectivity index (χ0v) is 11.0. The number of nitrogens with two attached hydrogens (primary N) is 1. The molecule has 1 aromatic rings. The Morgan fingerprint density at radius 1 is 1.33 bits per heavy atom. The molecule has 0 amide bonds. The van der Waals surface area contributed by atoms with Gasteiger partial charge in [-0.05, 0) is 24.6 Å². The summed E-state index contributed by atoms with van der Waals surface area (Å²) in [6.45, 7) is -1.12. The molecule has 102 valence electrons. The highest BCUT2D eigenvalue weighted by molar-refractivity contribution is 7.99. The monoisotopic (exact) mass is 299 g/mol. The van der Waals surface area contributed by atoms with Gasteiger partial charge in [0.05, 0.1) is 5.02 Å². The first kappa shape index (κ1) is 15.5. The molecule has 0 radical (unpaired) electrons. The maximum atomic E-state index is 11.8. The molecule has 7 heteroatoms. The highest BCUT2D eigenvalue weighted by Gasteiger charge is 2.27. The van der Waals surface area contributed by atoms with Crippen molar-refractivity contribution in [2.24, 2.45) is 0 Å². The lowest BCUT2D eigenvalue weighted by Crippen LogP contribution is -2.17. The minimum Gasteiger partial charge on any atom is -0.399 e. The Hall–Kier alpha value is -0.590. The molecule has 0 heterocycles. The number of hydrogen-bond donors (Lipinski definition) is 1. The van der Waals surface area contributed by atoms with Crippen LogP contribution in [0.2, 0.25) is 5.02 Å². The second kappa shape index (κ2) is 7.11. The lowest BCUT2D eigenvalue weighted by Gasteiger charge is -2.08. The Bertz CT molecular complexity index is 387. The van der Waals surface area contributed by atoms with Crippen LogP contribution in [0.15, 0.2) is 23.1 Å². The molecule has 0 spiro atoms. The maximum Gasteiger partial charge on any atom is 0.411 e. The predicted octanol–water partition coefficient (Wildman–Crippen LogP) is 3.98. The highest BCUT2D eigenvalue weighted by atomic mass is 35.5. The molecule has 0 bridgehead atoms. The first-order valence-corrected chi connectivity index (χ1v) is 6.57. The van der Waals surface area contributed by atoms with E-state index in [2.05, 4.69) is 4.74 Å². The van der Waals surface area contributed by atoms with Crippen molar-refractivity contribution in [3.8, 4) is 0 Å². The number of halogens is 4. The number of anilines is 1. The number of alkyl halides is 3. The van der Waals surface area contributed by atoms with Gasteiger partial charge in [-0.15, -0.1) is 11.8 Å².